The van der Waals surface area contributed by atoms with Gasteiger partial charge in [0, 0.05) is 18.7 Å². The minimum Gasteiger partial charge on any atom is -0.507 e. The van der Waals surface area contributed by atoms with Crippen LogP contribution in [-0.4, -0.2) is 41.3 Å². The lowest BCUT2D eigenvalue weighted by Crippen LogP contribution is -2.38. The van der Waals surface area contributed by atoms with Crippen LogP contribution in [0.15, 0.2) is 83.4 Å². The Hall–Kier alpha value is -5.05. The fraction of sp³-hybridized carbons (Fsp3) is 0.219. The van der Waals surface area contributed by atoms with Crippen molar-refractivity contribution in [2.75, 3.05) is 13.7 Å². The predicted molar refractivity (Wildman–Crippen MR) is 154 cm³/mol. The quantitative estimate of drug-likeness (QED) is 0.149. The number of amides is 1. The summed E-state index contributed by atoms with van der Waals surface area (Å²) < 4.78 is 11.5. The molecule has 9 heteroatoms. The Morgan fingerprint density at radius 3 is 2.71 bits per heavy atom. The number of benzene rings is 3. The first-order valence-electron chi connectivity index (χ1n) is 13.0. The highest BCUT2D eigenvalue weighted by molar-refractivity contribution is 6.27. The van der Waals surface area contributed by atoms with Crippen molar-refractivity contribution in [3.05, 3.63) is 101 Å². The van der Waals surface area contributed by atoms with Crippen molar-refractivity contribution >= 4 is 28.2 Å². The van der Waals surface area contributed by atoms with Gasteiger partial charge in [-0.1, -0.05) is 54.2 Å². The van der Waals surface area contributed by atoms with Crippen molar-refractivity contribution in [1.29, 1.82) is 0 Å². The third-order valence-corrected chi connectivity index (χ3v) is 7.54. The van der Waals surface area contributed by atoms with Gasteiger partial charge in [0.25, 0.3) is 5.91 Å². The van der Waals surface area contributed by atoms with E-state index in [0.29, 0.717) is 0 Å². The van der Waals surface area contributed by atoms with Gasteiger partial charge in [-0.2, -0.15) is 0 Å². The molecular formula is C32H30N2O7. The zero-order valence-corrected chi connectivity index (χ0v) is 23.2. The molecule has 0 spiro atoms. The molecule has 1 heterocycles. The molecule has 1 aliphatic heterocycles. The molecule has 0 saturated carbocycles. The van der Waals surface area contributed by atoms with E-state index in [4.69, 9.17) is 14.3 Å². The number of nitrogens with one attached hydrogen (secondary N) is 1. The second-order valence-corrected chi connectivity index (χ2v) is 10.0. The standard InChI is InChI=1S/C32H30N2O7/c1-6-13-40-34-18(3)26-22(35)15-25-32(4,30(26)37)28-23(36)14-24(39-5)27(29(28)41-25)31(38)33-16-21-17(2)11-12-19-9-7-8-10-20(19)21/h6-12,14-15,35-36H,1,13,16H2,2-5H3,(H,33,38)/b34-18+/t32-/m1/s1. The number of Topliss-reactive ketones (excluding diaryl/α,β-unsaturated/α-hetero) is 1. The average Bonchev–Trinajstić information content (AvgIpc) is 3.25. The lowest BCUT2D eigenvalue weighted by atomic mass is 9.71. The van der Waals surface area contributed by atoms with E-state index < -0.39 is 17.1 Å². The first kappa shape index (κ1) is 27.5. The molecule has 0 fully saturated rings. The molecular weight excluding hydrogens is 524 g/mol. The highest BCUT2D eigenvalue weighted by Crippen LogP contribution is 2.56. The number of oxime groups is 1. The van der Waals surface area contributed by atoms with Crippen LogP contribution in [0.5, 0.6) is 17.2 Å². The van der Waals surface area contributed by atoms with Crippen LogP contribution in [0.3, 0.4) is 0 Å². The maximum atomic E-state index is 13.9. The largest absolute Gasteiger partial charge is 0.507 e. The van der Waals surface area contributed by atoms with E-state index in [9.17, 15) is 19.8 Å². The Kier molecular flexibility index (Phi) is 7.04. The maximum absolute atomic E-state index is 13.9. The van der Waals surface area contributed by atoms with Crippen LogP contribution >= 0.6 is 0 Å². The van der Waals surface area contributed by atoms with Crippen LogP contribution in [0.1, 0.15) is 40.9 Å². The van der Waals surface area contributed by atoms with E-state index in [1.807, 2.05) is 43.3 Å². The third kappa shape index (κ3) is 4.39. The van der Waals surface area contributed by atoms with Gasteiger partial charge in [-0.3, -0.25) is 9.59 Å². The van der Waals surface area contributed by atoms with Crippen LogP contribution in [0, 0.1) is 6.92 Å². The number of aliphatic hydroxyl groups is 1. The highest BCUT2D eigenvalue weighted by atomic mass is 16.6. The number of hydrogen-bond donors (Lipinski definition) is 3. The van der Waals surface area contributed by atoms with E-state index in [1.54, 1.807) is 6.92 Å². The smallest absolute Gasteiger partial charge is 0.259 e. The number of fused-ring (bicyclic) bond motifs is 4. The zero-order valence-electron chi connectivity index (χ0n) is 23.2. The molecule has 0 aromatic heterocycles. The summed E-state index contributed by atoms with van der Waals surface area (Å²) in [5.74, 6) is -1.67. The van der Waals surface area contributed by atoms with Gasteiger partial charge in [-0.05, 0) is 42.7 Å². The molecule has 5 rings (SSSR count). The normalized spacial score (nSPS) is 17.9. The number of ketones is 1. The molecule has 1 aliphatic carbocycles. The molecule has 1 amide bonds. The minimum atomic E-state index is -1.55. The molecule has 1 atom stereocenters. The summed E-state index contributed by atoms with van der Waals surface area (Å²) in [7, 11) is 1.37. The fourth-order valence-corrected chi connectivity index (χ4v) is 5.40. The van der Waals surface area contributed by atoms with Crippen molar-refractivity contribution in [2.24, 2.45) is 5.16 Å². The number of rotatable bonds is 8. The molecule has 210 valence electrons. The molecule has 3 N–H and O–H groups in total. The van der Waals surface area contributed by atoms with Crippen molar-refractivity contribution < 1.29 is 34.1 Å². The first-order chi connectivity index (χ1) is 19.6. The van der Waals surface area contributed by atoms with E-state index in [1.165, 1.54) is 32.3 Å². The van der Waals surface area contributed by atoms with E-state index in [-0.39, 0.29) is 64.3 Å². The minimum absolute atomic E-state index is 0.0169. The van der Waals surface area contributed by atoms with Gasteiger partial charge in [0.2, 0.25) is 0 Å². The van der Waals surface area contributed by atoms with Crippen LogP contribution in [0.2, 0.25) is 0 Å². The number of aryl methyl sites for hydroxylation is 1. The number of carbonyl (C=O) groups is 2. The van der Waals surface area contributed by atoms with Gasteiger partial charge in [0.05, 0.1) is 24.0 Å². The summed E-state index contributed by atoms with van der Waals surface area (Å²) in [5, 5.41) is 30.8. The molecule has 0 saturated heterocycles. The number of ether oxygens (including phenoxy) is 2. The van der Waals surface area contributed by atoms with Crippen LogP contribution in [0.4, 0.5) is 0 Å². The van der Waals surface area contributed by atoms with Crippen molar-refractivity contribution in [1.82, 2.24) is 5.32 Å². The summed E-state index contributed by atoms with van der Waals surface area (Å²) in [6, 6.07) is 13.2. The number of phenolic OH excluding ortho intramolecular Hbond substituents is 1. The fourth-order valence-electron chi connectivity index (χ4n) is 5.40. The summed E-state index contributed by atoms with van der Waals surface area (Å²) in [4.78, 5) is 32.7. The van der Waals surface area contributed by atoms with Crippen LogP contribution < -0.4 is 14.8 Å². The van der Waals surface area contributed by atoms with Gasteiger partial charge in [0.1, 0.15) is 40.6 Å². The number of hydrogen-bond acceptors (Lipinski definition) is 8. The molecule has 3 aromatic carbocycles. The zero-order chi connectivity index (χ0) is 29.5. The number of aromatic hydroxyl groups is 1. The second-order valence-electron chi connectivity index (χ2n) is 10.0. The number of nitrogens with zero attached hydrogens (tertiary/aromatic N) is 1. The summed E-state index contributed by atoms with van der Waals surface area (Å²) >= 11 is 0. The van der Waals surface area contributed by atoms with Gasteiger partial charge in [-0.15, -0.1) is 0 Å². The molecule has 2 aliphatic rings. The Balaban J connectivity index is 1.55. The van der Waals surface area contributed by atoms with Gasteiger partial charge >= 0.3 is 0 Å². The molecule has 0 bridgehead atoms. The molecule has 0 radical (unpaired) electrons. The Morgan fingerprint density at radius 2 is 1.98 bits per heavy atom. The number of phenols is 1. The number of carbonyl (C=O) groups excluding carboxylic acids is 2. The second kappa shape index (κ2) is 10.5. The lowest BCUT2D eigenvalue weighted by molar-refractivity contribution is -0.119. The van der Waals surface area contributed by atoms with Crippen LogP contribution in [0.25, 0.3) is 10.8 Å². The number of aliphatic hydroxyl groups excluding tert-OH is 1. The number of allylic oxidation sites excluding steroid dienone is 3. The lowest BCUT2D eigenvalue weighted by Gasteiger charge is -2.28. The maximum Gasteiger partial charge on any atom is 0.259 e. The summed E-state index contributed by atoms with van der Waals surface area (Å²) in [5.41, 5.74) is 0.566. The Morgan fingerprint density at radius 1 is 1.22 bits per heavy atom. The van der Waals surface area contributed by atoms with Crippen molar-refractivity contribution in [2.45, 2.75) is 32.7 Å². The SMILES string of the molecule is C=CCO/N=C(\C)C1=C(O)C=C2Oc3c(C(=O)NCc4c(C)ccc5ccccc45)c(OC)cc(O)c3[C@]2(C)C1=O. The molecule has 3 aromatic rings. The van der Waals surface area contributed by atoms with Crippen molar-refractivity contribution in [3.63, 3.8) is 0 Å². The monoisotopic (exact) mass is 554 g/mol. The van der Waals surface area contributed by atoms with E-state index in [0.717, 1.165) is 21.9 Å². The molecule has 41 heavy (non-hydrogen) atoms. The van der Waals surface area contributed by atoms with Gasteiger partial charge in [-0.25, -0.2) is 0 Å². The Labute approximate surface area is 237 Å². The number of methoxy groups -OCH3 is 1. The van der Waals surface area contributed by atoms with E-state index >= 15 is 0 Å². The third-order valence-electron chi connectivity index (χ3n) is 7.54. The van der Waals surface area contributed by atoms with Crippen LogP contribution in [-0.2, 0) is 21.6 Å². The topological polar surface area (TPSA) is 127 Å². The first-order valence-corrected chi connectivity index (χ1v) is 13.0. The summed E-state index contributed by atoms with van der Waals surface area (Å²) in [6.45, 7) is 8.94. The average molecular weight is 555 g/mol. The summed E-state index contributed by atoms with van der Waals surface area (Å²) in [6.07, 6.45) is 2.78. The predicted octanol–water partition coefficient (Wildman–Crippen LogP) is 5.30. The van der Waals surface area contributed by atoms with Gasteiger partial charge in [0.15, 0.2) is 11.5 Å². The Bertz CT molecular complexity index is 1720. The molecule has 0 unspecified atom stereocenters. The van der Waals surface area contributed by atoms with Gasteiger partial charge < -0.3 is 29.8 Å². The highest BCUT2D eigenvalue weighted by Gasteiger charge is 2.55. The molecule has 9 nitrogen and oxygen atoms in total. The van der Waals surface area contributed by atoms with E-state index in [2.05, 4.69) is 17.1 Å². The van der Waals surface area contributed by atoms with Crippen molar-refractivity contribution in [3.8, 4) is 17.2 Å².